The van der Waals surface area contributed by atoms with Crippen molar-refractivity contribution in [1.82, 2.24) is 10.2 Å². The molecule has 1 N–H and O–H groups in total. The molecule has 0 atom stereocenters. The van der Waals surface area contributed by atoms with Crippen LogP contribution in [0.2, 0.25) is 0 Å². The molecule has 126 valence electrons. The number of aryl methyl sites for hydroxylation is 1. The third-order valence-corrected chi connectivity index (χ3v) is 4.10. The number of nitrogens with one attached hydrogen (secondary N) is 1. The summed E-state index contributed by atoms with van der Waals surface area (Å²) < 4.78 is 5.12. The normalized spacial score (nSPS) is 15.4. The molecule has 0 spiro atoms. The zero-order valence-corrected chi connectivity index (χ0v) is 14.6. The van der Waals surface area contributed by atoms with Crippen molar-refractivity contribution in [2.75, 3.05) is 7.11 Å². The van der Waals surface area contributed by atoms with Gasteiger partial charge in [0.1, 0.15) is 11.4 Å². The van der Waals surface area contributed by atoms with Crippen molar-refractivity contribution in [3.8, 4) is 5.75 Å². The first-order valence-corrected chi connectivity index (χ1v) is 8.02. The Hall–Kier alpha value is -2.99. The zero-order chi connectivity index (χ0) is 18.0. The fourth-order valence-electron chi connectivity index (χ4n) is 2.44. The summed E-state index contributed by atoms with van der Waals surface area (Å²) in [6.45, 7) is 1.94. The molecule has 1 saturated heterocycles. The summed E-state index contributed by atoms with van der Waals surface area (Å²) in [4.78, 5) is 26.3. The van der Waals surface area contributed by atoms with Gasteiger partial charge in [-0.1, -0.05) is 29.8 Å². The Labute approximate surface area is 150 Å². The van der Waals surface area contributed by atoms with Crippen molar-refractivity contribution in [1.29, 1.82) is 0 Å². The van der Waals surface area contributed by atoms with Gasteiger partial charge in [0.25, 0.3) is 11.8 Å². The SMILES string of the molecule is COc1ccc(/C=C2/C(=O)NC(=S)N2C(=O)c2ccc(C)cc2)cc1. The number of benzene rings is 2. The van der Waals surface area contributed by atoms with E-state index in [-0.39, 0.29) is 16.7 Å². The van der Waals surface area contributed by atoms with Crippen LogP contribution in [0.4, 0.5) is 0 Å². The minimum atomic E-state index is -0.402. The highest BCUT2D eigenvalue weighted by Gasteiger charge is 2.35. The summed E-state index contributed by atoms with van der Waals surface area (Å²) in [5, 5.41) is 2.61. The predicted molar refractivity (Wildman–Crippen MR) is 99.1 cm³/mol. The van der Waals surface area contributed by atoms with Crippen LogP contribution in [0.15, 0.2) is 54.2 Å². The summed E-state index contributed by atoms with van der Waals surface area (Å²) >= 11 is 5.16. The molecule has 1 fully saturated rings. The van der Waals surface area contributed by atoms with Gasteiger partial charge in [-0.3, -0.25) is 14.9 Å². The summed E-state index contributed by atoms with van der Waals surface area (Å²) in [7, 11) is 1.58. The van der Waals surface area contributed by atoms with Crippen LogP contribution in [0.5, 0.6) is 5.75 Å². The molecule has 0 bridgehead atoms. The summed E-state index contributed by atoms with van der Waals surface area (Å²) in [5.74, 6) is -0.0366. The minimum Gasteiger partial charge on any atom is -0.497 e. The van der Waals surface area contributed by atoms with Crippen LogP contribution in [-0.4, -0.2) is 28.9 Å². The summed E-state index contributed by atoms with van der Waals surface area (Å²) in [6.07, 6.45) is 1.63. The van der Waals surface area contributed by atoms with Gasteiger partial charge in [0.15, 0.2) is 5.11 Å². The van der Waals surface area contributed by atoms with E-state index in [1.54, 1.807) is 49.6 Å². The van der Waals surface area contributed by atoms with Crippen LogP contribution < -0.4 is 10.1 Å². The molecular formula is C19H16N2O3S. The fourth-order valence-corrected chi connectivity index (χ4v) is 2.72. The molecule has 3 rings (SSSR count). The van der Waals surface area contributed by atoms with E-state index in [2.05, 4.69) is 5.32 Å². The Morgan fingerprint density at radius 1 is 1.12 bits per heavy atom. The van der Waals surface area contributed by atoms with E-state index in [0.717, 1.165) is 11.1 Å². The number of carbonyl (C=O) groups excluding carboxylic acids is 2. The van der Waals surface area contributed by atoms with E-state index in [4.69, 9.17) is 17.0 Å². The third-order valence-electron chi connectivity index (χ3n) is 3.82. The van der Waals surface area contributed by atoms with Crippen molar-refractivity contribution in [2.45, 2.75) is 6.92 Å². The maximum absolute atomic E-state index is 12.8. The molecule has 0 aromatic heterocycles. The molecule has 2 amide bonds. The van der Waals surface area contributed by atoms with Gasteiger partial charge >= 0.3 is 0 Å². The number of methoxy groups -OCH3 is 1. The number of nitrogens with zero attached hydrogens (tertiary/aromatic N) is 1. The number of rotatable bonds is 3. The lowest BCUT2D eigenvalue weighted by atomic mass is 10.1. The second-order valence-electron chi connectivity index (χ2n) is 5.57. The van der Waals surface area contributed by atoms with Gasteiger partial charge in [-0.15, -0.1) is 0 Å². The smallest absolute Gasteiger partial charge is 0.274 e. The minimum absolute atomic E-state index is 0.0790. The van der Waals surface area contributed by atoms with Crippen molar-refractivity contribution in [3.05, 3.63) is 70.9 Å². The average Bonchev–Trinajstić information content (AvgIpc) is 2.89. The number of thiocarbonyl (C=S) groups is 1. The fraction of sp³-hybridized carbons (Fsp3) is 0.105. The van der Waals surface area contributed by atoms with Gasteiger partial charge in [-0.2, -0.15) is 0 Å². The van der Waals surface area contributed by atoms with E-state index in [1.807, 2.05) is 19.1 Å². The molecule has 1 heterocycles. The van der Waals surface area contributed by atoms with Gasteiger partial charge in [0.2, 0.25) is 0 Å². The number of carbonyl (C=O) groups is 2. The van der Waals surface area contributed by atoms with Crippen LogP contribution in [0.25, 0.3) is 6.08 Å². The molecule has 1 aliphatic rings. The summed E-state index contributed by atoms with van der Waals surface area (Å²) in [5.41, 5.74) is 2.46. The molecular weight excluding hydrogens is 336 g/mol. The maximum atomic E-state index is 12.8. The molecule has 2 aromatic rings. The number of amides is 2. The van der Waals surface area contributed by atoms with Crippen molar-refractivity contribution in [2.24, 2.45) is 0 Å². The molecule has 0 aliphatic carbocycles. The van der Waals surface area contributed by atoms with Crippen LogP contribution in [0.3, 0.4) is 0 Å². The third kappa shape index (κ3) is 3.44. The van der Waals surface area contributed by atoms with Gasteiger partial charge < -0.3 is 4.74 Å². The average molecular weight is 352 g/mol. The Morgan fingerprint density at radius 2 is 1.76 bits per heavy atom. The van der Waals surface area contributed by atoms with Crippen molar-refractivity contribution in [3.63, 3.8) is 0 Å². The Balaban J connectivity index is 1.96. The van der Waals surface area contributed by atoms with E-state index in [9.17, 15) is 9.59 Å². The molecule has 0 unspecified atom stereocenters. The number of hydrogen-bond donors (Lipinski definition) is 1. The largest absolute Gasteiger partial charge is 0.497 e. The molecule has 0 saturated carbocycles. The van der Waals surface area contributed by atoms with E-state index in [1.165, 1.54) is 4.90 Å². The van der Waals surface area contributed by atoms with Gasteiger partial charge in [-0.05, 0) is 55.0 Å². The Morgan fingerprint density at radius 3 is 2.36 bits per heavy atom. The highest BCUT2D eigenvalue weighted by atomic mass is 32.1. The van der Waals surface area contributed by atoms with Crippen LogP contribution in [-0.2, 0) is 4.79 Å². The van der Waals surface area contributed by atoms with E-state index in [0.29, 0.717) is 11.3 Å². The van der Waals surface area contributed by atoms with Crippen molar-refractivity contribution >= 4 is 35.2 Å². The first-order chi connectivity index (χ1) is 12.0. The van der Waals surface area contributed by atoms with Gasteiger partial charge in [0.05, 0.1) is 7.11 Å². The molecule has 0 radical (unpaired) electrons. The van der Waals surface area contributed by atoms with E-state index >= 15 is 0 Å². The van der Waals surface area contributed by atoms with Crippen molar-refractivity contribution < 1.29 is 14.3 Å². The molecule has 6 heteroatoms. The monoisotopic (exact) mass is 352 g/mol. The lowest BCUT2D eigenvalue weighted by Crippen LogP contribution is -2.33. The summed E-state index contributed by atoms with van der Waals surface area (Å²) in [6, 6.07) is 14.3. The topological polar surface area (TPSA) is 58.6 Å². The Bertz CT molecular complexity index is 871. The highest BCUT2D eigenvalue weighted by molar-refractivity contribution is 7.80. The Kier molecular flexibility index (Phi) is 4.63. The van der Waals surface area contributed by atoms with Gasteiger partial charge in [-0.25, -0.2) is 4.90 Å². The van der Waals surface area contributed by atoms with E-state index < -0.39 is 5.91 Å². The van der Waals surface area contributed by atoms with Crippen LogP contribution >= 0.6 is 12.2 Å². The zero-order valence-electron chi connectivity index (χ0n) is 13.8. The highest BCUT2D eigenvalue weighted by Crippen LogP contribution is 2.21. The second kappa shape index (κ2) is 6.86. The predicted octanol–water partition coefficient (Wildman–Crippen LogP) is 2.90. The molecule has 5 nitrogen and oxygen atoms in total. The number of ether oxygens (including phenoxy) is 1. The molecule has 1 aliphatic heterocycles. The van der Waals surface area contributed by atoms with Gasteiger partial charge in [0, 0.05) is 5.56 Å². The lowest BCUT2D eigenvalue weighted by Gasteiger charge is -2.15. The number of hydrogen-bond acceptors (Lipinski definition) is 4. The first-order valence-electron chi connectivity index (χ1n) is 7.62. The lowest BCUT2D eigenvalue weighted by molar-refractivity contribution is -0.115. The molecule has 2 aromatic carbocycles. The van der Waals surface area contributed by atoms with Crippen LogP contribution in [0, 0.1) is 6.92 Å². The quantitative estimate of drug-likeness (QED) is 0.682. The second-order valence-corrected chi connectivity index (χ2v) is 5.96. The molecule has 25 heavy (non-hydrogen) atoms. The maximum Gasteiger partial charge on any atom is 0.274 e. The standard InChI is InChI=1S/C19H16N2O3S/c1-12-3-7-14(8-4-12)18(23)21-16(17(22)20-19(21)25)11-13-5-9-15(24-2)10-6-13/h3-11H,1-2H3,(H,20,22,25)/b16-11-. The first kappa shape index (κ1) is 16.9. The van der Waals surface area contributed by atoms with Crippen LogP contribution in [0.1, 0.15) is 21.5 Å².